The van der Waals surface area contributed by atoms with E-state index in [1.807, 2.05) is 0 Å². The fraction of sp³-hybridized carbons (Fsp3) is 0.545. The number of nitro groups is 1. The molecule has 1 aliphatic heterocycles. The number of nitrogen functional groups attached to an aromatic ring is 1. The number of carbonyl (C=O) groups excluding carboxylic acids is 1. The van der Waals surface area contributed by atoms with Crippen molar-refractivity contribution in [3.8, 4) is 0 Å². The number of piperidine rings is 1. The van der Waals surface area contributed by atoms with Crippen molar-refractivity contribution in [3.63, 3.8) is 0 Å². The molecule has 0 unspecified atom stereocenters. The second-order valence-corrected chi connectivity index (χ2v) is 4.51. The number of likely N-dealkylation sites (tertiary alicyclic amines) is 1. The number of anilines is 2. The molecule has 1 fully saturated rings. The zero-order valence-corrected chi connectivity index (χ0v) is 10.9. The van der Waals surface area contributed by atoms with E-state index in [1.165, 1.54) is 0 Å². The van der Waals surface area contributed by atoms with Gasteiger partial charge in [0.15, 0.2) is 0 Å². The molecule has 0 aromatic carbocycles. The summed E-state index contributed by atoms with van der Waals surface area (Å²) in [6.45, 7) is 1.42. The molecule has 1 amide bonds. The van der Waals surface area contributed by atoms with Crippen LogP contribution in [0.15, 0.2) is 6.33 Å². The number of nitrogens with two attached hydrogens (primary N) is 1. The van der Waals surface area contributed by atoms with Gasteiger partial charge in [-0.1, -0.05) is 0 Å². The maximum atomic E-state index is 12.0. The van der Waals surface area contributed by atoms with Crippen LogP contribution in [0.4, 0.5) is 17.3 Å². The molecule has 108 valence electrons. The third kappa shape index (κ3) is 3.11. The number of rotatable bonds is 4. The monoisotopic (exact) mass is 280 g/mol. The van der Waals surface area contributed by atoms with Crippen molar-refractivity contribution in [1.29, 1.82) is 0 Å². The fourth-order valence-corrected chi connectivity index (χ4v) is 2.12. The van der Waals surface area contributed by atoms with Crippen molar-refractivity contribution in [2.45, 2.75) is 19.3 Å². The molecule has 0 saturated carbocycles. The number of amides is 1. The van der Waals surface area contributed by atoms with E-state index in [4.69, 9.17) is 5.73 Å². The van der Waals surface area contributed by atoms with Gasteiger partial charge in [-0.15, -0.1) is 0 Å². The summed E-state index contributed by atoms with van der Waals surface area (Å²) < 4.78 is 0. The molecule has 1 aromatic heterocycles. The Morgan fingerprint density at radius 1 is 1.40 bits per heavy atom. The van der Waals surface area contributed by atoms with Crippen LogP contribution >= 0.6 is 0 Å². The summed E-state index contributed by atoms with van der Waals surface area (Å²) in [6.07, 6.45) is 4.24. The van der Waals surface area contributed by atoms with E-state index < -0.39 is 10.6 Å². The SMILES string of the molecule is Nc1ncnc(NCC(=O)N2CCCCC2)c1[N+](=O)[O-]. The molecule has 9 heteroatoms. The Bertz CT molecular complexity index is 515. The van der Waals surface area contributed by atoms with Gasteiger partial charge in [0.2, 0.25) is 17.5 Å². The lowest BCUT2D eigenvalue weighted by atomic mass is 10.1. The minimum absolute atomic E-state index is 0.0344. The summed E-state index contributed by atoms with van der Waals surface area (Å²) in [5, 5.41) is 13.6. The number of aromatic nitrogens is 2. The van der Waals surface area contributed by atoms with Crippen molar-refractivity contribution in [3.05, 3.63) is 16.4 Å². The lowest BCUT2D eigenvalue weighted by Crippen LogP contribution is -2.39. The van der Waals surface area contributed by atoms with Crippen LogP contribution in [-0.2, 0) is 4.79 Å². The first kappa shape index (κ1) is 14.0. The topological polar surface area (TPSA) is 127 Å². The molecule has 0 bridgehead atoms. The second-order valence-electron chi connectivity index (χ2n) is 4.51. The molecule has 2 heterocycles. The first-order valence-corrected chi connectivity index (χ1v) is 6.36. The highest BCUT2D eigenvalue weighted by atomic mass is 16.6. The van der Waals surface area contributed by atoms with Crippen molar-refractivity contribution in [2.75, 3.05) is 30.7 Å². The van der Waals surface area contributed by atoms with Crippen LogP contribution in [0.1, 0.15) is 19.3 Å². The maximum absolute atomic E-state index is 12.0. The van der Waals surface area contributed by atoms with Crippen molar-refractivity contribution < 1.29 is 9.72 Å². The highest BCUT2D eigenvalue weighted by Crippen LogP contribution is 2.25. The lowest BCUT2D eigenvalue weighted by molar-refractivity contribution is -0.383. The molecule has 1 aliphatic rings. The van der Waals surface area contributed by atoms with Gasteiger partial charge in [0.1, 0.15) is 6.33 Å². The van der Waals surface area contributed by atoms with Gasteiger partial charge in [-0.25, -0.2) is 9.97 Å². The van der Waals surface area contributed by atoms with Crippen molar-refractivity contribution in [2.24, 2.45) is 0 Å². The van der Waals surface area contributed by atoms with Crippen LogP contribution in [0.2, 0.25) is 0 Å². The number of hydrogen-bond donors (Lipinski definition) is 2. The van der Waals surface area contributed by atoms with Gasteiger partial charge < -0.3 is 16.0 Å². The Labute approximate surface area is 115 Å². The van der Waals surface area contributed by atoms with Crippen LogP contribution in [0.5, 0.6) is 0 Å². The quantitative estimate of drug-likeness (QED) is 0.603. The second kappa shape index (κ2) is 6.13. The van der Waals surface area contributed by atoms with E-state index in [9.17, 15) is 14.9 Å². The summed E-state index contributed by atoms with van der Waals surface area (Å²) in [6, 6.07) is 0. The number of nitrogens with zero attached hydrogens (tertiary/aromatic N) is 4. The molecular formula is C11H16N6O3. The standard InChI is InChI=1S/C11H16N6O3/c12-10-9(17(19)20)11(15-7-14-10)13-6-8(18)16-4-2-1-3-5-16/h7H,1-6H2,(H3,12,13,14,15). The molecule has 20 heavy (non-hydrogen) atoms. The molecule has 9 nitrogen and oxygen atoms in total. The highest BCUT2D eigenvalue weighted by Gasteiger charge is 2.22. The summed E-state index contributed by atoms with van der Waals surface area (Å²) in [7, 11) is 0. The van der Waals surface area contributed by atoms with Gasteiger partial charge in [0.25, 0.3) is 0 Å². The number of hydrogen-bond acceptors (Lipinski definition) is 7. The third-order valence-corrected chi connectivity index (χ3v) is 3.15. The largest absolute Gasteiger partial charge is 0.378 e. The summed E-state index contributed by atoms with van der Waals surface area (Å²) in [5.74, 6) is -0.359. The third-order valence-electron chi connectivity index (χ3n) is 3.15. The Morgan fingerprint density at radius 2 is 2.10 bits per heavy atom. The van der Waals surface area contributed by atoms with Gasteiger partial charge in [-0.3, -0.25) is 14.9 Å². The Balaban J connectivity index is 2.02. The first-order chi connectivity index (χ1) is 9.59. The van der Waals surface area contributed by atoms with Crippen LogP contribution in [-0.4, -0.2) is 45.3 Å². The first-order valence-electron chi connectivity index (χ1n) is 6.36. The predicted octanol–water partition coefficient (Wildman–Crippen LogP) is 0.391. The average Bonchev–Trinajstić information content (AvgIpc) is 2.45. The molecular weight excluding hydrogens is 264 g/mol. The van der Waals surface area contributed by atoms with Gasteiger partial charge in [-0.05, 0) is 19.3 Å². The van der Waals surface area contributed by atoms with Crippen LogP contribution < -0.4 is 11.1 Å². The number of nitrogens with one attached hydrogen (secondary N) is 1. The Hall–Kier alpha value is -2.45. The molecule has 0 spiro atoms. The van der Waals surface area contributed by atoms with Gasteiger partial charge in [0.05, 0.1) is 11.5 Å². The lowest BCUT2D eigenvalue weighted by Gasteiger charge is -2.26. The summed E-state index contributed by atoms with van der Waals surface area (Å²) in [4.78, 5) is 31.3. The minimum Gasteiger partial charge on any atom is -0.378 e. The number of carbonyl (C=O) groups is 1. The zero-order chi connectivity index (χ0) is 14.5. The molecule has 1 saturated heterocycles. The Morgan fingerprint density at radius 3 is 2.75 bits per heavy atom. The molecule has 0 aliphatic carbocycles. The van der Waals surface area contributed by atoms with E-state index in [-0.39, 0.29) is 24.1 Å². The van der Waals surface area contributed by atoms with Gasteiger partial charge in [0, 0.05) is 13.1 Å². The Kier molecular flexibility index (Phi) is 4.28. The summed E-state index contributed by atoms with van der Waals surface area (Å²) >= 11 is 0. The summed E-state index contributed by atoms with van der Waals surface area (Å²) in [5.41, 5.74) is 5.04. The molecule has 2 rings (SSSR count). The average molecular weight is 280 g/mol. The van der Waals surface area contributed by atoms with Gasteiger partial charge >= 0.3 is 5.69 Å². The fourth-order valence-electron chi connectivity index (χ4n) is 2.12. The van der Waals surface area contributed by atoms with Crippen molar-refractivity contribution in [1.82, 2.24) is 14.9 Å². The molecule has 0 atom stereocenters. The van der Waals surface area contributed by atoms with Crippen molar-refractivity contribution >= 4 is 23.2 Å². The van der Waals surface area contributed by atoms with E-state index in [0.717, 1.165) is 38.7 Å². The van der Waals surface area contributed by atoms with E-state index >= 15 is 0 Å². The van der Waals surface area contributed by atoms with Crippen LogP contribution in [0.25, 0.3) is 0 Å². The van der Waals surface area contributed by atoms with E-state index in [1.54, 1.807) is 4.90 Å². The minimum atomic E-state index is -0.664. The van der Waals surface area contributed by atoms with Crippen LogP contribution in [0, 0.1) is 10.1 Å². The van der Waals surface area contributed by atoms with Gasteiger partial charge in [-0.2, -0.15) is 0 Å². The maximum Gasteiger partial charge on any atom is 0.352 e. The molecule has 0 radical (unpaired) electrons. The predicted molar refractivity (Wildman–Crippen MR) is 72.0 cm³/mol. The van der Waals surface area contributed by atoms with Crippen LogP contribution in [0.3, 0.4) is 0 Å². The van der Waals surface area contributed by atoms with E-state index in [2.05, 4.69) is 15.3 Å². The zero-order valence-electron chi connectivity index (χ0n) is 10.9. The van der Waals surface area contributed by atoms with E-state index in [0.29, 0.717) is 0 Å². The highest BCUT2D eigenvalue weighted by molar-refractivity contribution is 5.82. The molecule has 3 N–H and O–H groups in total. The molecule has 1 aromatic rings. The smallest absolute Gasteiger partial charge is 0.352 e. The normalized spacial score (nSPS) is 14.9.